The van der Waals surface area contributed by atoms with Gasteiger partial charge in [0.15, 0.2) is 0 Å². The molecule has 1 heterocycles. The van der Waals surface area contributed by atoms with Crippen molar-refractivity contribution in [1.82, 2.24) is 9.03 Å². The van der Waals surface area contributed by atoms with Crippen molar-refractivity contribution in [2.75, 3.05) is 19.7 Å². The van der Waals surface area contributed by atoms with Crippen LogP contribution in [0.3, 0.4) is 0 Å². The zero-order chi connectivity index (χ0) is 13.1. The van der Waals surface area contributed by atoms with Crippen LogP contribution in [0, 0.1) is 5.92 Å². The van der Waals surface area contributed by atoms with E-state index in [2.05, 4.69) is 20.7 Å². The number of carbonyl (C=O) groups excluding carboxylic acids is 1. The van der Waals surface area contributed by atoms with Gasteiger partial charge in [-0.1, -0.05) is 22.9 Å². The van der Waals surface area contributed by atoms with Gasteiger partial charge in [0.1, 0.15) is 0 Å². The predicted octanol–water partition coefficient (Wildman–Crippen LogP) is 1.08. The fraction of sp³-hybridized carbons (Fsp3) is 0.889. The molecule has 0 radical (unpaired) electrons. The van der Waals surface area contributed by atoms with E-state index >= 15 is 0 Å². The molecule has 0 spiro atoms. The number of ether oxygens (including phenoxy) is 1. The fourth-order valence-electron chi connectivity index (χ4n) is 1.63. The van der Waals surface area contributed by atoms with Crippen molar-refractivity contribution in [1.29, 1.82) is 0 Å². The molecule has 0 aliphatic carbocycles. The summed E-state index contributed by atoms with van der Waals surface area (Å²) in [5.74, 6) is 0.211. The number of hydrogen-bond donors (Lipinski definition) is 1. The lowest BCUT2D eigenvalue weighted by atomic mass is 10.0. The van der Waals surface area contributed by atoms with Gasteiger partial charge in [-0.25, -0.2) is 9.52 Å². The Morgan fingerprint density at radius 2 is 2.24 bits per heavy atom. The number of rotatable bonds is 3. The number of nitrogens with one attached hydrogen (secondary N) is 1. The summed E-state index contributed by atoms with van der Waals surface area (Å²) in [6.07, 6.45) is -0.202. The Kier molecular flexibility index (Phi) is 5.21. The first-order valence-electron chi connectivity index (χ1n) is 5.45. The van der Waals surface area contributed by atoms with Crippen molar-refractivity contribution in [2.24, 2.45) is 5.92 Å². The lowest BCUT2D eigenvalue weighted by Crippen LogP contribution is -2.49. The number of amides is 1. The molecule has 0 aromatic carbocycles. The van der Waals surface area contributed by atoms with Crippen molar-refractivity contribution in [3.63, 3.8) is 0 Å². The highest BCUT2D eigenvalue weighted by Crippen LogP contribution is 2.24. The largest absolute Gasteiger partial charge is 0.449 e. The first kappa shape index (κ1) is 14.7. The number of hydrogen-bond acceptors (Lipinski definition) is 4. The molecule has 1 amide bonds. The molecule has 0 saturated carbocycles. The third-order valence-corrected chi connectivity index (χ3v) is 5.39. The molecular formula is C9H17BrN2O4S. The summed E-state index contributed by atoms with van der Waals surface area (Å²) in [4.78, 5) is 11.4. The van der Waals surface area contributed by atoms with Gasteiger partial charge in [-0.2, -0.15) is 12.7 Å². The molecule has 6 nitrogen and oxygen atoms in total. The Morgan fingerprint density at radius 1 is 1.59 bits per heavy atom. The second-order valence-electron chi connectivity index (χ2n) is 3.97. The molecule has 100 valence electrons. The SMILES string of the molecule is CCOC(=O)NS(=O)(=O)N1CCC(Br)C(C)C1. The van der Waals surface area contributed by atoms with E-state index in [9.17, 15) is 13.2 Å². The Labute approximate surface area is 110 Å². The summed E-state index contributed by atoms with van der Waals surface area (Å²) in [6, 6.07) is 0. The summed E-state index contributed by atoms with van der Waals surface area (Å²) in [5, 5.41) is 0. The Hall–Kier alpha value is -0.340. The van der Waals surface area contributed by atoms with Gasteiger partial charge in [-0.05, 0) is 19.3 Å². The van der Waals surface area contributed by atoms with Crippen molar-refractivity contribution < 1.29 is 17.9 Å². The van der Waals surface area contributed by atoms with Gasteiger partial charge < -0.3 is 4.74 Å². The van der Waals surface area contributed by atoms with E-state index in [0.29, 0.717) is 17.9 Å². The third kappa shape index (κ3) is 4.11. The molecular weight excluding hydrogens is 312 g/mol. The quantitative estimate of drug-likeness (QED) is 0.786. The molecule has 8 heteroatoms. The maximum Gasteiger partial charge on any atom is 0.421 e. The van der Waals surface area contributed by atoms with Gasteiger partial charge in [-0.3, -0.25) is 0 Å². The Bertz CT molecular complexity index is 373. The van der Waals surface area contributed by atoms with E-state index in [1.807, 2.05) is 11.6 Å². The van der Waals surface area contributed by atoms with Gasteiger partial charge in [0.05, 0.1) is 6.61 Å². The maximum atomic E-state index is 11.8. The van der Waals surface area contributed by atoms with Crippen LogP contribution in [0.1, 0.15) is 20.3 Å². The lowest BCUT2D eigenvalue weighted by Gasteiger charge is -2.32. The molecule has 1 saturated heterocycles. The fourth-order valence-corrected chi connectivity index (χ4v) is 3.18. The van der Waals surface area contributed by atoms with Crippen LogP contribution in [-0.2, 0) is 14.9 Å². The van der Waals surface area contributed by atoms with E-state index in [4.69, 9.17) is 0 Å². The number of alkyl halides is 1. The molecule has 1 N–H and O–H groups in total. The number of nitrogens with zero attached hydrogens (tertiary/aromatic N) is 1. The van der Waals surface area contributed by atoms with E-state index in [0.717, 1.165) is 6.42 Å². The first-order chi connectivity index (χ1) is 7.86. The smallest absolute Gasteiger partial charge is 0.421 e. The van der Waals surface area contributed by atoms with Crippen LogP contribution in [0.5, 0.6) is 0 Å². The number of carbonyl (C=O) groups is 1. The Morgan fingerprint density at radius 3 is 2.76 bits per heavy atom. The minimum absolute atomic E-state index is 0.140. The van der Waals surface area contributed by atoms with Crippen molar-refractivity contribution in [3.8, 4) is 0 Å². The van der Waals surface area contributed by atoms with Crippen LogP contribution in [0.4, 0.5) is 4.79 Å². The number of piperidine rings is 1. The minimum atomic E-state index is -3.77. The van der Waals surface area contributed by atoms with Crippen molar-refractivity contribution in [2.45, 2.75) is 25.1 Å². The van der Waals surface area contributed by atoms with Gasteiger partial charge in [0.25, 0.3) is 0 Å². The highest BCUT2D eigenvalue weighted by atomic mass is 79.9. The molecule has 0 aromatic rings. The molecule has 2 atom stereocenters. The average molecular weight is 329 g/mol. The molecule has 1 aliphatic heterocycles. The summed E-state index contributed by atoms with van der Waals surface area (Å²) >= 11 is 3.49. The summed E-state index contributed by atoms with van der Waals surface area (Å²) in [6.45, 7) is 4.51. The molecule has 17 heavy (non-hydrogen) atoms. The van der Waals surface area contributed by atoms with Gasteiger partial charge in [0, 0.05) is 17.9 Å². The predicted molar refractivity (Wildman–Crippen MR) is 67.1 cm³/mol. The van der Waals surface area contributed by atoms with Crippen molar-refractivity contribution in [3.05, 3.63) is 0 Å². The monoisotopic (exact) mass is 328 g/mol. The maximum absolute atomic E-state index is 11.8. The van der Waals surface area contributed by atoms with Crippen LogP contribution >= 0.6 is 15.9 Å². The minimum Gasteiger partial charge on any atom is -0.449 e. The molecule has 1 aliphatic rings. The standard InChI is InChI=1S/C9H17BrN2O4S/c1-3-16-9(13)11-17(14,15)12-5-4-8(10)7(2)6-12/h7-8H,3-6H2,1-2H3,(H,11,13). The molecule has 2 unspecified atom stereocenters. The van der Waals surface area contributed by atoms with E-state index in [-0.39, 0.29) is 12.5 Å². The van der Waals surface area contributed by atoms with Gasteiger partial charge in [-0.15, -0.1) is 0 Å². The molecule has 1 fully saturated rings. The molecule has 0 aromatic heterocycles. The van der Waals surface area contributed by atoms with Crippen LogP contribution in [0.2, 0.25) is 0 Å². The van der Waals surface area contributed by atoms with E-state index < -0.39 is 16.3 Å². The van der Waals surface area contributed by atoms with E-state index in [1.165, 1.54) is 4.31 Å². The summed E-state index contributed by atoms with van der Waals surface area (Å²) < 4.78 is 31.3. The highest BCUT2D eigenvalue weighted by Gasteiger charge is 2.32. The second kappa shape index (κ2) is 6.01. The lowest BCUT2D eigenvalue weighted by molar-refractivity contribution is 0.157. The summed E-state index contributed by atoms with van der Waals surface area (Å²) in [5.41, 5.74) is 0. The van der Waals surface area contributed by atoms with Gasteiger partial charge in [0.2, 0.25) is 0 Å². The average Bonchev–Trinajstić information content (AvgIpc) is 2.21. The zero-order valence-corrected chi connectivity index (χ0v) is 12.3. The summed E-state index contributed by atoms with van der Waals surface area (Å²) in [7, 11) is -3.77. The van der Waals surface area contributed by atoms with Gasteiger partial charge >= 0.3 is 16.3 Å². The zero-order valence-electron chi connectivity index (χ0n) is 9.85. The Balaban J connectivity index is 2.62. The third-order valence-electron chi connectivity index (χ3n) is 2.59. The molecule has 1 rings (SSSR count). The van der Waals surface area contributed by atoms with Crippen LogP contribution < -0.4 is 4.72 Å². The molecule has 0 bridgehead atoms. The van der Waals surface area contributed by atoms with Crippen LogP contribution in [-0.4, -0.2) is 43.3 Å². The van der Waals surface area contributed by atoms with E-state index in [1.54, 1.807) is 6.92 Å². The van der Waals surface area contributed by atoms with Crippen molar-refractivity contribution >= 4 is 32.2 Å². The highest BCUT2D eigenvalue weighted by molar-refractivity contribution is 9.09. The number of halogens is 1. The van der Waals surface area contributed by atoms with Crippen LogP contribution in [0.25, 0.3) is 0 Å². The van der Waals surface area contributed by atoms with Crippen LogP contribution in [0.15, 0.2) is 0 Å². The first-order valence-corrected chi connectivity index (χ1v) is 7.81. The normalized spacial score (nSPS) is 26.5. The topological polar surface area (TPSA) is 75.7 Å². The second-order valence-corrected chi connectivity index (χ2v) is 6.81.